The number of nitrogens with zero attached hydrogens (tertiary/aromatic N) is 3. The van der Waals surface area contributed by atoms with Crippen molar-refractivity contribution in [3.05, 3.63) is 59.7 Å². The van der Waals surface area contributed by atoms with Crippen LogP contribution in [0.1, 0.15) is 48.8 Å². The Morgan fingerprint density at radius 3 is 2.93 bits per heavy atom. The van der Waals surface area contributed by atoms with Crippen molar-refractivity contribution >= 4 is 11.0 Å². The Morgan fingerprint density at radius 2 is 2.04 bits per heavy atom. The lowest BCUT2D eigenvalue weighted by atomic mass is 9.90. The highest BCUT2D eigenvalue weighted by atomic mass is 15.2. The van der Waals surface area contributed by atoms with Gasteiger partial charge in [-0.3, -0.25) is 9.88 Å². The minimum absolute atomic E-state index is 0.380. The molecule has 3 heterocycles. The first-order valence-electron chi connectivity index (χ1n) is 10.2. The number of fused-ring (bicyclic) bond motifs is 2. The lowest BCUT2D eigenvalue weighted by molar-refractivity contribution is 0.148. The average Bonchev–Trinajstić information content (AvgIpc) is 3.36. The molecule has 0 amide bonds. The van der Waals surface area contributed by atoms with E-state index in [0.29, 0.717) is 12.1 Å². The van der Waals surface area contributed by atoms with Gasteiger partial charge in [-0.2, -0.15) is 0 Å². The summed E-state index contributed by atoms with van der Waals surface area (Å²) in [6, 6.07) is 13.6. The van der Waals surface area contributed by atoms with Crippen LogP contribution in [0.4, 0.5) is 0 Å². The summed E-state index contributed by atoms with van der Waals surface area (Å²) >= 11 is 0. The molecule has 5 rings (SSSR count). The molecule has 2 aliphatic rings. The second-order valence-corrected chi connectivity index (χ2v) is 7.88. The van der Waals surface area contributed by atoms with Crippen LogP contribution in [0, 0.1) is 0 Å². The third-order valence-electron chi connectivity index (χ3n) is 6.01. The first-order valence-corrected chi connectivity index (χ1v) is 10.2. The molecule has 0 bridgehead atoms. The van der Waals surface area contributed by atoms with Gasteiger partial charge in [0.15, 0.2) is 0 Å². The van der Waals surface area contributed by atoms with Crippen molar-refractivity contribution in [2.45, 2.75) is 50.7 Å². The Hall–Kier alpha value is -2.24. The molecule has 140 valence electrons. The minimum Gasteiger partial charge on any atom is -0.341 e. The van der Waals surface area contributed by atoms with Crippen LogP contribution in [0.3, 0.4) is 0 Å². The highest BCUT2D eigenvalue weighted by Crippen LogP contribution is 2.34. The molecule has 1 saturated heterocycles. The van der Waals surface area contributed by atoms with E-state index < -0.39 is 0 Å². The van der Waals surface area contributed by atoms with E-state index in [1.807, 2.05) is 6.20 Å². The Bertz CT molecular complexity index is 879. The molecule has 0 radical (unpaired) electrons. The van der Waals surface area contributed by atoms with Crippen LogP contribution in [-0.2, 0) is 13.0 Å². The SMILES string of the molecule is c1cnc2c(c1)CCC[C@@H]2N(Cc1nc2ccccc2[nH]1)C[C@@H]1CCCN1. The molecule has 2 N–H and O–H groups in total. The fourth-order valence-electron chi connectivity index (χ4n) is 4.71. The molecule has 1 fully saturated rings. The van der Waals surface area contributed by atoms with Crippen LogP contribution >= 0.6 is 0 Å². The van der Waals surface area contributed by atoms with Crippen LogP contribution in [0.5, 0.6) is 0 Å². The quantitative estimate of drug-likeness (QED) is 0.729. The van der Waals surface area contributed by atoms with Crippen molar-refractivity contribution in [1.82, 2.24) is 25.2 Å². The van der Waals surface area contributed by atoms with Crippen molar-refractivity contribution in [2.75, 3.05) is 13.1 Å². The van der Waals surface area contributed by atoms with Gasteiger partial charge in [0.05, 0.1) is 29.3 Å². The van der Waals surface area contributed by atoms with Crippen LogP contribution in [0.15, 0.2) is 42.6 Å². The van der Waals surface area contributed by atoms with Gasteiger partial charge in [-0.05, 0) is 62.4 Å². The van der Waals surface area contributed by atoms with Crippen molar-refractivity contribution in [1.29, 1.82) is 0 Å². The maximum atomic E-state index is 4.84. The minimum atomic E-state index is 0.380. The molecule has 27 heavy (non-hydrogen) atoms. The summed E-state index contributed by atoms with van der Waals surface area (Å²) in [5.41, 5.74) is 4.86. The zero-order valence-corrected chi connectivity index (χ0v) is 15.7. The van der Waals surface area contributed by atoms with E-state index in [1.54, 1.807) is 0 Å². The molecule has 3 aromatic rings. The summed E-state index contributed by atoms with van der Waals surface area (Å²) < 4.78 is 0. The van der Waals surface area contributed by atoms with Crippen LogP contribution in [-0.4, -0.2) is 39.0 Å². The number of benzene rings is 1. The van der Waals surface area contributed by atoms with E-state index in [1.165, 1.54) is 36.9 Å². The first kappa shape index (κ1) is 16.9. The second kappa shape index (κ2) is 7.41. The van der Waals surface area contributed by atoms with Crippen LogP contribution < -0.4 is 5.32 Å². The third kappa shape index (κ3) is 3.49. The number of aryl methyl sites for hydroxylation is 1. The number of H-pyrrole nitrogens is 1. The van der Waals surface area contributed by atoms with Crippen molar-refractivity contribution < 1.29 is 0 Å². The summed E-state index contributed by atoms with van der Waals surface area (Å²) in [5, 5.41) is 3.67. The number of pyridine rings is 1. The molecule has 1 aliphatic heterocycles. The van der Waals surface area contributed by atoms with Gasteiger partial charge in [0, 0.05) is 18.8 Å². The van der Waals surface area contributed by atoms with Gasteiger partial charge in [-0.15, -0.1) is 0 Å². The Morgan fingerprint density at radius 1 is 1.07 bits per heavy atom. The number of para-hydroxylation sites is 2. The van der Waals surface area contributed by atoms with Gasteiger partial charge in [-0.1, -0.05) is 18.2 Å². The van der Waals surface area contributed by atoms with Crippen LogP contribution in [0.25, 0.3) is 11.0 Å². The molecule has 0 unspecified atom stereocenters. The molecule has 1 aromatic carbocycles. The van der Waals surface area contributed by atoms with Gasteiger partial charge >= 0.3 is 0 Å². The molecule has 2 aromatic heterocycles. The fourth-order valence-corrected chi connectivity index (χ4v) is 4.71. The standard InChI is InChI=1S/C22H27N5/c1-2-10-19-18(9-1)25-21(26-19)15-27(14-17-8-5-12-23-17)20-11-3-6-16-7-4-13-24-22(16)20/h1-2,4,7,9-10,13,17,20,23H,3,5-6,8,11-12,14-15H2,(H,25,26)/t17-,20-/m0/s1. The number of rotatable bonds is 5. The summed E-state index contributed by atoms with van der Waals surface area (Å²) in [4.78, 5) is 15.8. The smallest absolute Gasteiger partial charge is 0.121 e. The predicted octanol–water partition coefficient (Wildman–Crippen LogP) is 3.59. The molecule has 1 aliphatic carbocycles. The summed E-state index contributed by atoms with van der Waals surface area (Å²) in [6.07, 6.45) is 8.06. The summed E-state index contributed by atoms with van der Waals surface area (Å²) in [6.45, 7) is 3.04. The van der Waals surface area contributed by atoms with Gasteiger partial charge in [0.25, 0.3) is 0 Å². The zero-order chi connectivity index (χ0) is 18.1. The lowest BCUT2D eigenvalue weighted by Gasteiger charge is -2.36. The number of nitrogens with one attached hydrogen (secondary N) is 2. The van der Waals surface area contributed by atoms with Crippen molar-refractivity contribution in [3.8, 4) is 0 Å². The Balaban J connectivity index is 1.45. The van der Waals surface area contributed by atoms with Gasteiger partial charge in [-0.25, -0.2) is 4.98 Å². The average molecular weight is 361 g/mol. The zero-order valence-electron chi connectivity index (χ0n) is 15.7. The summed E-state index contributed by atoms with van der Waals surface area (Å²) in [5.74, 6) is 1.05. The number of hydrogen-bond donors (Lipinski definition) is 2. The van der Waals surface area contributed by atoms with Crippen molar-refractivity contribution in [2.24, 2.45) is 0 Å². The largest absolute Gasteiger partial charge is 0.341 e. The van der Waals surface area contributed by atoms with E-state index >= 15 is 0 Å². The second-order valence-electron chi connectivity index (χ2n) is 7.88. The number of imidazole rings is 1. The third-order valence-corrected chi connectivity index (χ3v) is 6.01. The molecule has 0 spiro atoms. The lowest BCUT2D eigenvalue weighted by Crippen LogP contribution is -2.40. The molecule has 0 saturated carbocycles. The monoisotopic (exact) mass is 361 g/mol. The Labute approximate surface area is 160 Å². The van der Waals surface area contributed by atoms with E-state index in [-0.39, 0.29) is 0 Å². The topological polar surface area (TPSA) is 56.8 Å². The maximum Gasteiger partial charge on any atom is 0.121 e. The van der Waals surface area contributed by atoms with Gasteiger partial charge in [0.1, 0.15) is 5.82 Å². The highest BCUT2D eigenvalue weighted by molar-refractivity contribution is 5.74. The summed E-state index contributed by atoms with van der Waals surface area (Å²) in [7, 11) is 0. The highest BCUT2D eigenvalue weighted by Gasteiger charge is 2.30. The molecule has 5 heteroatoms. The number of aromatic nitrogens is 3. The molecule has 5 nitrogen and oxygen atoms in total. The predicted molar refractivity (Wildman–Crippen MR) is 107 cm³/mol. The van der Waals surface area contributed by atoms with Gasteiger partial charge in [0.2, 0.25) is 0 Å². The number of aromatic amines is 1. The van der Waals surface area contributed by atoms with Gasteiger partial charge < -0.3 is 10.3 Å². The van der Waals surface area contributed by atoms with E-state index in [0.717, 1.165) is 42.9 Å². The fraction of sp³-hybridized carbons (Fsp3) is 0.455. The van der Waals surface area contributed by atoms with Crippen molar-refractivity contribution in [3.63, 3.8) is 0 Å². The number of hydrogen-bond acceptors (Lipinski definition) is 4. The van der Waals surface area contributed by atoms with E-state index in [4.69, 9.17) is 9.97 Å². The van der Waals surface area contributed by atoms with E-state index in [9.17, 15) is 0 Å². The van der Waals surface area contributed by atoms with E-state index in [2.05, 4.69) is 51.6 Å². The maximum absolute atomic E-state index is 4.84. The molecular weight excluding hydrogens is 334 g/mol. The molecule has 2 atom stereocenters. The normalized spacial score (nSPS) is 22.4. The molecular formula is C22H27N5. The van der Waals surface area contributed by atoms with Crippen LogP contribution in [0.2, 0.25) is 0 Å². The first-order chi connectivity index (χ1) is 13.4. The Kier molecular flexibility index (Phi) is 4.64.